The second-order valence-corrected chi connectivity index (χ2v) is 9.56. The molecule has 3 aromatic rings. The first-order valence-corrected chi connectivity index (χ1v) is 11.1. The molecular weight excluding hydrogens is 412 g/mol. The molecule has 0 aliphatic carbocycles. The summed E-state index contributed by atoms with van der Waals surface area (Å²) < 4.78 is 0. The van der Waals surface area contributed by atoms with Gasteiger partial charge in [-0.05, 0) is 68.2 Å². The van der Waals surface area contributed by atoms with Crippen LogP contribution in [0, 0.1) is 17.0 Å². The molecule has 1 unspecified atom stereocenters. The molecule has 1 aliphatic heterocycles. The normalized spacial score (nSPS) is 19.3. The Morgan fingerprint density at radius 3 is 2.30 bits per heavy atom. The number of hydrogen-bond acceptors (Lipinski definition) is 3. The number of nitrogens with zero attached hydrogens (tertiary/aromatic N) is 2. The zero-order valence-corrected chi connectivity index (χ0v) is 19.4. The summed E-state index contributed by atoms with van der Waals surface area (Å²) in [4.78, 5) is 25.8. The molecule has 0 aromatic heterocycles. The molecular formula is C28H28N2O3. The number of amides is 1. The van der Waals surface area contributed by atoms with Crippen LogP contribution >= 0.6 is 0 Å². The third-order valence-corrected chi connectivity index (χ3v) is 6.53. The Morgan fingerprint density at radius 2 is 1.67 bits per heavy atom. The van der Waals surface area contributed by atoms with Gasteiger partial charge in [0.25, 0.3) is 11.6 Å². The predicted octanol–water partition coefficient (Wildman–Crippen LogP) is 6.44. The van der Waals surface area contributed by atoms with Gasteiger partial charge in [-0.3, -0.25) is 14.9 Å². The Kier molecular flexibility index (Phi) is 5.66. The van der Waals surface area contributed by atoms with E-state index in [4.69, 9.17) is 0 Å². The summed E-state index contributed by atoms with van der Waals surface area (Å²) in [5.74, 6) is -0.112. The molecule has 0 bridgehead atoms. The van der Waals surface area contributed by atoms with E-state index in [9.17, 15) is 14.9 Å². The van der Waals surface area contributed by atoms with Crippen LogP contribution in [0.2, 0.25) is 0 Å². The molecule has 5 nitrogen and oxygen atoms in total. The molecule has 0 saturated carbocycles. The van der Waals surface area contributed by atoms with Gasteiger partial charge in [-0.2, -0.15) is 0 Å². The quantitative estimate of drug-likeness (QED) is 0.266. The fourth-order valence-corrected chi connectivity index (χ4v) is 5.08. The highest BCUT2D eigenvalue weighted by Gasteiger charge is 2.47. The fraction of sp³-hybridized carbons (Fsp3) is 0.250. The van der Waals surface area contributed by atoms with Crippen LogP contribution in [0.25, 0.3) is 6.08 Å². The first-order chi connectivity index (χ1) is 15.6. The number of fused-ring (bicyclic) bond motifs is 1. The molecule has 33 heavy (non-hydrogen) atoms. The molecule has 1 aliphatic rings. The van der Waals surface area contributed by atoms with E-state index in [0.717, 1.165) is 28.8 Å². The van der Waals surface area contributed by atoms with Gasteiger partial charge in [0.15, 0.2) is 0 Å². The lowest BCUT2D eigenvalue weighted by Crippen LogP contribution is -2.55. The largest absolute Gasteiger partial charge is 0.303 e. The van der Waals surface area contributed by atoms with Crippen molar-refractivity contribution in [1.29, 1.82) is 0 Å². The third kappa shape index (κ3) is 4.19. The van der Waals surface area contributed by atoms with E-state index < -0.39 is 10.5 Å². The molecule has 0 spiro atoms. The van der Waals surface area contributed by atoms with Crippen LogP contribution in [-0.2, 0) is 10.2 Å². The Morgan fingerprint density at radius 1 is 1.00 bits per heavy atom. The average Bonchev–Trinajstić information content (AvgIpc) is 2.78. The summed E-state index contributed by atoms with van der Waals surface area (Å²) >= 11 is 0. The molecule has 168 valence electrons. The summed E-state index contributed by atoms with van der Waals surface area (Å²) in [5.41, 5.74) is 4.56. The van der Waals surface area contributed by atoms with E-state index in [0.29, 0.717) is 0 Å². The number of rotatable bonds is 4. The summed E-state index contributed by atoms with van der Waals surface area (Å²) in [6, 6.07) is 22.9. The number of nitro groups is 1. The summed E-state index contributed by atoms with van der Waals surface area (Å²) in [7, 11) is 0. The molecule has 1 amide bonds. The number of aryl methyl sites for hydroxylation is 1. The Bertz CT molecular complexity index is 1230. The van der Waals surface area contributed by atoms with Crippen LogP contribution in [-0.4, -0.2) is 16.4 Å². The summed E-state index contributed by atoms with van der Waals surface area (Å²) in [6.45, 7) is 8.55. The number of hydrogen-bond donors (Lipinski definition) is 0. The summed E-state index contributed by atoms with van der Waals surface area (Å²) in [6.07, 6.45) is 4.04. The highest BCUT2D eigenvalue weighted by Crippen LogP contribution is 2.50. The molecule has 1 atom stereocenters. The minimum absolute atomic E-state index is 0.0279. The van der Waals surface area contributed by atoms with Crippen LogP contribution in [0.15, 0.2) is 78.9 Å². The van der Waals surface area contributed by atoms with Gasteiger partial charge in [-0.25, -0.2) is 0 Å². The van der Waals surface area contributed by atoms with Crippen molar-refractivity contribution in [1.82, 2.24) is 0 Å². The van der Waals surface area contributed by atoms with Crippen molar-refractivity contribution in [3.05, 3.63) is 111 Å². The zero-order chi connectivity index (χ0) is 23.8. The topological polar surface area (TPSA) is 63.5 Å². The lowest BCUT2D eigenvalue weighted by atomic mass is 9.65. The van der Waals surface area contributed by atoms with Gasteiger partial charge in [-0.1, -0.05) is 55.0 Å². The van der Waals surface area contributed by atoms with Crippen molar-refractivity contribution in [3.63, 3.8) is 0 Å². The number of carbonyl (C=O) groups excluding carboxylic acids is 1. The average molecular weight is 441 g/mol. The van der Waals surface area contributed by atoms with Gasteiger partial charge in [0.05, 0.1) is 4.92 Å². The number of anilines is 1. The van der Waals surface area contributed by atoms with Crippen LogP contribution in [0.5, 0.6) is 0 Å². The highest BCUT2D eigenvalue weighted by molar-refractivity contribution is 6.06. The number of non-ortho nitro benzene ring substituents is 1. The van der Waals surface area contributed by atoms with E-state index in [2.05, 4.69) is 58.0 Å². The predicted molar refractivity (Wildman–Crippen MR) is 132 cm³/mol. The van der Waals surface area contributed by atoms with E-state index in [1.165, 1.54) is 17.7 Å². The lowest BCUT2D eigenvalue weighted by Gasteiger charge is -2.51. The first-order valence-electron chi connectivity index (χ1n) is 11.1. The van der Waals surface area contributed by atoms with Crippen LogP contribution in [0.4, 0.5) is 11.4 Å². The fourth-order valence-electron chi connectivity index (χ4n) is 5.08. The van der Waals surface area contributed by atoms with Crippen molar-refractivity contribution < 1.29 is 9.72 Å². The van der Waals surface area contributed by atoms with Gasteiger partial charge < -0.3 is 4.90 Å². The van der Waals surface area contributed by atoms with Crippen molar-refractivity contribution in [3.8, 4) is 0 Å². The van der Waals surface area contributed by atoms with E-state index in [1.54, 1.807) is 24.3 Å². The van der Waals surface area contributed by atoms with Crippen molar-refractivity contribution in [2.45, 2.75) is 45.1 Å². The minimum Gasteiger partial charge on any atom is -0.303 e. The van der Waals surface area contributed by atoms with E-state index in [1.807, 2.05) is 23.1 Å². The maximum absolute atomic E-state index is 13.5. The van der Waals surface area contributed by atoms with Crippen LogP contribution < -0.4 is 4.90 Å². The van der Waals surface area contributed by atoms with Crippen LogP contribution in [0.1, 0.15) is 49.4 Å². The zero-order valence-electron chi connectivity index (χ0n) is 19.4. The highest BCUT2D eigenvalue weighted by atomic mass is 16.6. The Hall–Kier alpha value is -3.73. The van der Waals surface area contributed by atoms with Crippen molar-refractivity contribution in [2.75, 3.05) is 4.90 Å². The monoisotopic (exact) mass is 440 g/mol. The maximum Gasteiger partial charge on any atom is 0.269 e. The Labute approximate surface area is 194 Å². The molecule has 0 N–H and O–H groups in total. The molecule has 3 aromatic carbocycles. The maximum atomic E-state index is 13.5. The minimum atomic E-state index is -0.433. The van der Waals surface area contributed by atoms with Gasteiger partial charge in [0.2, 0.25) is 0 Å². The second kappa shape index (κ2) is 8.32. The summed E-state index contributed by atoms with van der Waals surface area (Å²) in [5, 5.41) is 10.9. The molecule has 1 heterocycles. The van der Waals surface area contributed by atoms with Gasteiger partial charge >= 0.3 is 0 Å². The van der Waals surface area contributed by atoms with Crippen molar-refractivity contribution in [2.24, 2.45) is 0 Å². The number of carbonyl (C=O) groups is 1. The molecule has 0 saturated heterocycles. The Balaban J connectivity index is 1.74. The number of nitro benzene ring substituents is 1. The molecule has 0 fully saturated rings. The van der Waals surface area contributed by atoms with Crippen LogP contribution in [0.3, 0.4) is 0 Å². The SMILES string of the molecule is Cc1ccc2c(c1)C(C)(c1ccccc1)CC(C)(C)N2C(=O)C=Cc1ccc([N+](=O)[O-])cc1. The molecule has 4 rings (SSSR count). The number of benzene rings is 3. The smallest absolute Gasteiger partial charge is 0.269 e. The standard InChI is InChI=1S/C28H28N2O3/c1-20-10-16-25-24(18-20)28(4,22-8-6-5-7-9-22)19-27(2,3)29(25)26(31)17-13-21-11-14-23(15-12-21)30(32)33/h5-18H,19H2,1-4H3. The molecule has 5 heteroatoms. The van der Waals surface area contributed by atoms with Gasteiger partial charge in [-0.15, -0.1) is 0 Å². The van der Waals surface area contributed by atoms with E-state index in [-0.39, 0.29) is 17.0 Å². The van der Waals surface area contributed by atoms with E-state index >= 15 is 0 Å². The van der Waals surface area contributed by atoms with Crippen molar-refractivity contribution >= 4 is 23.4 Å². The first kappa shape index (κ1) is 22.5. The molecule has 0 radical (unpaired) electrons. The second-order valence-electron chi connectivity index (χ2n) is 9.56. The third-order valence-electron chi connectivity index (χ3n) is 6.53. The lowest BCUT2D eigenvalue weighted by molar-refractivity contribution is -0.384. The van der Waals surface area contributed by atoms with Gasteiger partial charge in [0, 0.05) is 34.9 Å². The van der Waals surface area contributed by atoms with Gasteiger partial charge in [0.1, 0.15) is 0 Å².